The van der Waals surface area contributed by atoms with Crippen LogP contribution in [0.4, 0.5) is 0 Å². The number of rotatable bonds is 4. The van der Waals surface area contributed by atoms with Gasteiger partial charge in [-0.3, -0.25) is 4.79 Å². The molecule has 0 saturated carbocycles. The van der Waals surface area contributed by atoms with E-state index in [0.717, 1.165) is 12.8 Å². The van der Waals surface area contributed by atoms with Gasteiger partial charge in [-0.05, 0) is 25.7 Å². The summed E-state index contributed by atoms with van der Waals surface area (Å²) in [4.78, 5) is 17.5. The molecule has 0 unspecified atom stereocenters. The zero-order valence-corrected chi connectivity index (χ0v) is 12.5. The van der Waals surface area contributed by atoms with Crippen molar-refractivity contribution in [3.05, 3.63) is 11.7 Å². The number of piperidine rings is 1. The maximum absolute atomic E-state index is 12.0. The molecule has 8 heteroatoms. The van der Waals surface area contributed by atoms with Crippen LogP contribution < -0.4 is 0 Å². The molecule has 1 aliphatic rings. The van der Waals surface area contributed by atoms with E-state index in [1.165, 1.54) is 0 Å². The van der Waals surface area contributed by atoms with Crippen molar-refractivity contribution in [3.63, 3.8) is 0 Å². The number of sulfone groups is 1. The van der Waals surface area contributed by atoms with E-state index >= 15 is 0 Å². The average Bonchev–Trinajstić information content (AvgIpc) is 2.73. The Balaban J connectivity index is 1.95. The predicted molar refractivity (Wildman–Crippen MR) is 71.5 cm³/mol. The van der Waals surface area contributed by atoms with Crippen LogP contribution in [0.25, 0.3) is 0 Å². The van der Waals surface area contributed by atoms with E-state index in [4.69, 9.17) is 4.52 Å². The molecule has 7 nitrogen and oxygen atoms in total. The van der Waals surface area contributed by atoms with Crippen molar-refractivity contribution in [1.29, 1.82) is 0 Å². The quantitative estimate of drug-likeness (QED) is 0.806. The fourth-order valence-corrected chi connectivity index (χ4v) is 3.49. The molecule has 1 atom stereocenters. The topological polar surface area (TPSA) is 93.4 Å². The minimum atomic E-state index is -3.57. The molecule has 20 heavy (non-hydrogen) atoms. The Morgan fingerprint density at radius 2 is 2.25 bits per heavy atom. The number of likely N-dealkylation sites (tertiary alicyclic amines) is 1. The van der Waals surface area contributed by atoms with Crippen molar-refractivity contribution < 1.29 is 17.7 Å². The molecular formula is C12H19N3O4S. The Bertz CT molecular complexity index is 581. The summed E-state index contributed by atoms with van der Waals surface area (Å²) in [5.74, 6) is -0.389. The summed E-state index contributed by atoms with van der Waals surface area (Å²) in [6, 6.07) is 0. The van der Waals surface area contributed by atoms with Gasteiger partial charge in [-0.15, -0.1) is 0 Å². The molecule has 1 aromatic rings. The van der Waals surface area contributed by atoms with Crippen molar-refractivity contribution in [1.82, 2.24) is 15.0 Å². The lowest BCUT2D eigenvalue weighted by Gasteiger charge is -2.30. The van der Waals surface area contributed by atoms with Crippen LogP contribution in [-0.4, -0.2) is 48.2 Å². The molecule has 0 N–H and O–H groups in total. The molecule has 0 aromatic carbocycles. The lowest BCUT2D eigenvalue weighted by atomic mass is 10.0. The minimum absolute atomic E-state index is 0.0299. The van der Waals surface area contributed by atoms with E-state index in [2.05, 4.69) is 17.1 Å². The van der Waals surface area contributed by atoms with Crippen LogP contribution in [0.15, 0.2) is 4.52 Å². The fraction of sp³-hybridized carbons (Fsp3) is 0.750. The van der Waals surface area contributed by atoms with Gasteiger partial charge in [0.15, 0.2) is 15.7 Å². The summed E-state index contributed by atoms with van der Waals surface area (Å²) in [5.41, 5.74) is 0. The Morgan fingerprint density at radius 3 is 2.85 bits per heavy atom. The van der Waals surface area contributed by atoms with Crippen LogP contribution in [-0.2, 0) is 20.4 Å². The number of nitrogens with zero attached hydrogens (tertiary/aromatic N) is 3. The van der Waals surface area contributed by atoms with E-state index < -0.39 is 15.6 Å². The van der Waals surface area contributed by atoms with Gasteiger partial charge in [0.1, 0.15) is 11.5 Å². The zero-order chi connectivity index (χ0) is 14.8. The van der Waals surface area contributed by atoms with E-state index in [9.17, 15) is 13.2 Å². The minimum Gasteiger partial charge on any atom is -0.342 e. The van der Waals surface area contributed by atoms with Gasteiger partial charge < -0.3 is 9.42 Å². The Labute approximate surface area is 118 Å². The second-order valence-electron chi connectivity index (χ2n) is 5.35. The predicted octanol–water partition coefficient (Wildman–Crippen LogP) is 0.551. The summed E-state index contributed by atoms with van der Waals surface area (Å²) >= 11 is 0. The molecular weight excluding hydrogens is 282 g/mol. The van der Waals surface area contributed by atoms with Crippen LogP contribution in [0, 0.1) is 12.8 Å². The number of hydrogen-bond donors (Lipinski definition) is 0. The highest BCUT2D eigenvalue weighted by molar-refractivity contribution is 7.91. The summed E-state index contributed by atoms with van der Waals surface area (Å²) in [5, 5.41) is 3.53. The number of hydrogen-bond acceptors (Lipinski definition) is 6. The largest absolute Gasteiger partial charge is 0.342 e. The third-order valence-corrected chi connectivity index (χ3v) is 4.64. The standard InChI is InChI=1S/C12H19N3O4S/c1-9-4-3-5-15(6-9)12(16)8-20(17,18)7-11-13-10(2)14-19-11/h9H,3-8H2,1-2H3/t9-/m0/s1. The van der Waals surface area contributed by atoms with Gasteiger partial charge in [-0.25, -0.2) is 8.42 Å². The fourth-order valence-electron chi connectivity index (χ4n) is 2.33. The number of carbonyl (C=O) groups is 1. The highest BCUT2D eigenvalue weighted by atomic mass is 32.2. The van der Waals surface area contributed by atoms with Crippen LogP contribution in [0.3, 0.4) is 0 Å². The lowest BCUT2D eigenvalue weighted by molar-refractivity contribution is -0.130. The van der Waals surface area contributed by atoms with Gasteiger partial charge in [-0.1, -0.05) is 12.1 Å². The van der Waals surface area contributed by atoms with Crippen molar-refractivity contribution in [2.45, 2.75) is 32.4 Å². The number of carbonyl (C=O) groups excluding carboxylic acids is 1. The third kappa shape index (κ3) is 4.03. The highest BCUT2D eigenvalue weighted by Gasteiger charge is 2.26. The monoisotopic (exact) mass is 301 g/mol. The van der Waals surface area contributed by atoms with E-state index in [-0.39, 0.29) is 17.6 Å². The van der Waals surface area contributed by atoms with Crippen molar-refractivity contribution in [2.24, 2.45) is 5.92 Å². The lowest BCUT2D eigenvalue weighted by Crippen LogP contribution is -2.42. The van der Waals surface area contributed by atoms with Gasteiger partial charge >= 0.3 is 0 Å². The first-order valence-corrected chi connectivity index (χ1v) is 8.45. The maximum atomic E-state index is 12.0. The molecule has 2 heterocycles. The zero-order valence-electron chi connectivity index (χ0n) is 11.7. The first-order valence-electron chi connectivity index (χ1n) is 6.63. The van der Waals surface area contributed by atoms with Crippen molar-refractivity contribution in [2.75, 3.05) is 18.8 Å². The Kier molecular flexibility index (Phi) is 4.42. The van der Waals surface area contributed by atoms with E-state index in [1.807, 2.05) is 0 Å². The molecule has 1 saturated heterocycles. The Morgan fingerprint density at radius 1 is 1.50 bits per heavy atom. The molecule has 0 spiro atoms. The van der Waals surface area contributed by atoms with E-state index in [1.54, 1.807) is 11.8 Å². The number of aromatic nitrogens is 2. The molecule has 1 aliphatic heterocycles. The van der Waals surface area contributed by atoms with Crippen LogP contribution >= 0.6 is 0 Å². The molecule has 1 fully saturated rings. The first kappa shape index (κ1) is 15.0. The van der Waals surface area contributed by atoms with Gasteiger partial charge in [0.2, 0.25) is 11.8 Å². The second kappa shape index (κ2) is 5.90. The van der Waals surface area contributed by atoms with E-state index in [0.29, 0.717) is 24.8 Å². The maximum Gasteiger partial charge on any atom is 0.241 e. The van der Waals surface area contributed by atoms with Crippen LogP contribution in [0.1, 0.15) is 31.5 Å². The molecule has 1 aromatic heterocycles. The third-order valence-electron chi connectivity index (χ3n) is 3.27. The van der Waals surface area contributed by atoms with Gasteiger partial charge in [0, 0.05) is 13.1 Å². The number of amides is 1. The summed E-state index contributed by atoms with van der Waals surface area (Å²) in [7, 11) is -3.57. The second-order valence-corrected chi connectivity index (χ2v) is 7.42. The molecule has 1 amide bonds. The molecule has 0 radical (unpaired) electrons. The molecule has 0 aliphatic carbocycles. The van der Waals surface area contributed by atoms with Crippen molar-refractivity contribution >= 4 is 15.7 Å². The normalized spacial score (nSPS) is 20.1. The molecule has 0 bridgehead atoms. The van der Waals surface area contributed by atoms with Gasteiger partial charge in [0.25, 0.3) is 0 Å². The summed E-state index contributed by atoms with van der Waals surface area (Å²) in [6.07, 6.45) is 2.01. The molecule has 112 valence electrons. The SMILES string of the molecule is Cc1noc(CS(=O)(=O)CC(=O)N2CCC[C@H](C)C2)n1. The first-order chi connectivity index (χ1) is 9.35. The smallest absolute Gasteiger partial charge is 0.241 e. The summed E-state index contributed by atoms with van der Waals surface area (Å²) < 4.78 is 28.7. The summed E-state index contributed by atoms with van der Waals surface area (Å²) in [6.45, 7) is 4.95. The Hall–Kier alpha value is -1.44. The van der Waals surface area contributed by atoms with Gasteiger partial charge in [0.05, 0.1) is 0 Å². The highest BCUT2D eigenvalue weighted by Crippen LogP contribution is 2.16. The van der Waals surface area contributed by atoms with Crippen molar-refractivity contribution in [3.8, 4) is 0 Å². The van der Waals surface area contributed by atoms with Crippen LogP contribution in [0.2, 0.25) is 0 Å². The molecule has 2 rings (SSSR count). The van der Waals surface area contributed by atoms with Crippen LogP contribution in [0.5, 0.6) is 0 Å². The van der Waals surface area contributed by atoms with Gasteiger partial charge in [-0.2, -0.15) is 4.98 Å². The average molecular weight is 301 g/mol. The number of aryl methyl sites for hydroxylation is 1.